The zero-order valence-electron chi connectivity index (χ0n) is 24.7. The molecular formula is C37H40O6. The lowest BCUT2D eigenvalue weighted by atomic mass is 9.90. The van der Waals surface area contributed by atoms with E-state index in [4.69, 9.17) is 23.7 Å². The Balaban J connectivity index is 1.23. The highest BCUT2D eigenvalue weighted by atomic mass is 16.6. The third-order valence-electron chi connectivity index (χ3n) is 8.27. The van der Waals surface area contributed by atoms with E-state index in [1.807, 2.05) is 54.6 Å². The van der Waals surface area contributed by atoms with Crippen molar-refractivity contribution in [3.8, 4) is 11.5 Å². The van der Waals surface area contributed by atoms with Gasteiger partial charge in [-0.25, -0.2) is 0 Å². The van der Waals surface area contributed by atoms with Crippen molar-refractivity contribution in [3.63, 3.8) is 0 Å². The Bertz CT molecular complexity index is 1460. The van der Waals surface area contributed by atoms with Gasteiger partial charge in [-0.15, -0.1) is 0 Å². The summed E-state index contributed by atoms with van der Waals surface area (Å²) in [6.07, 6.45) is 0.917. The average molecular weight is 581 g/mol. The Hall–Kier alpha value is -3.68. The lowest BCUT2D eigenvalue weighted by molar-refractivity contribution is -0.217. The number of hydrogen-bond donors (Lipinski definition) is 1. The fraction of sp³-hybridized carbons (Fsp3) is 0.351. The van der Waals surface area contributed by atoms with Crippen LogP contribution in [-0.2, 0) is 40.3 Å². The molecular weight excluding hydrogens is 540 g/mol. The second kappa shape index (κ2) is 14.2. The van der Waals surface area contributed by atoms with Crippen molar-refractivity contribution in [3.05, 3.63) is 130 Å². The first-order valence-electron chi connectivity index (χ1n) is 15.3. The molecule has 6 nitrogen and oxygen atoms in total. The van der Waals surface area contributed by atoms with Crippen LogP contribution in [0.2, 0.25) is 0 Å². The first-order valence-corrected chi connectivity index (χ1v) is 15.3. The number of ether oxygens (including phenoxy) is 5. The van der Waals surface area contributed by atoms with E-state index in [9.17, 15) is 5.11 Å². The third kappa shape index (κ3) is 7.28. The number of benzene rings is 4. The average Bonchev–Trinajstić information content (AvgIpc) is 3.07. The fourth-order valence-electron chi connectivity index (χ4n) is 5.99. The Labute approximate surface area is 254 Å². The SMILES string of the molecule is CCc1ccc(C2CC(OCc3ccccc3)C(OCc3ccccc3)C(CO)O2)cc1Cc1ccc2c(c1)OCCO2. The molecule has 6 rings (SSSR count). The zero-order chi connectivity index (χ0) is 29.4. The van der Waals surface area contributed by atoms with Gasteiger partial charge < -0.3 is 28.8 Å². The molecule has 1 saturated heterocycles. The standard InChI is InChI=1S/C37H40O6/c1-2-29-14-15-30(21-31(29)19-28-13-16-32-34(20-28)40-18-17-39-32)33-22-35(41-24-26-9-5-3-6-10-26)37(36(23-38)43-33)42-25-27-11-7-4-8-12-27/h3-16,20-21,33,35-38H,2,17-19,22-25H2,1H3. The minimum atomic E-state index is -0.518. The lowest BCUT2D eigenvalue weighted by Gasteiger charge is -2.41. The summed E-state index contributed by atoms with van der Waals surface area (Å²) in [5.74, 6) is 1.61. The van der Waals surface area contributed by atoms with Gasteiger partial charge in [0.2, 0.25) is 0 Å². The van der Waals surface area contributed by atoms with Crippen LogP contribution in [0, 0.1) is 0 Å². The van der Waals surface area contributed by atoms with Gasteiger partial charge in [-0.05, 0) is 58.4 Å². The van der Waals surface area contributed by atoms with Crippen LogP contribution in [-0.4, -0.2) is 43.2 Å². The van der Waals surface area contributed by atoms with E-state index in [0.717, 1.165) is 41.0 Å². The van der Waals surface area contributed by atoms with Gasteiger partial charge in [-0.1, -0.05) is 91.9 Å². The highest BCUT2D eigenvalue weighted by molar-refractivity contribution is 5.46. The number of rotatable bonds is 11. The summed E-state index contributed by atoms with van der Waals surface area (Å²) in [7, 11) is 0. The molecule has 2 heterocycles. The van der Waals surface area contributed by atoms with Gasteiger partial charge in [0.25, 0.3) is 0 Å². The number of fused-ring (bicyclic) bond motifs is 1. The molecule has 0 aliphatic carbocycles. The third-order valence-corrected chi connectivity index (χ3v) is 8.27. The normalized spacial score (nSPS) is 21.4. The van der Waals surface area contributed by atoms with Crippen molar-refractivity contribution in [1.82, 2.24) is 0 Å². The molecule has 0 bridgehead atoms. The predicted octanol–water partition coefficient (Wildman–Crippen LogP) is 6.60. The number of hydrogen-bond acceptors (Lipinski definition) is 6. The van der Waals surface area contributed by atoms with Gasteiger partial charge in [0, 0.05) is 6.42 Å². The Kier molecular flexibility index (Phi) is 9.70. The van der Waals surface area contributed by atoms with E-state index in [-0.39, 0.29) is 18.8 Å². The molecule has 0 aromatic heterocycles. The maximum Gasteiger partial charge on any atom is 0.161 e. The quantitative estimate of drug-likeness (QED) is 0.216. The zero-order valence-corrected chi connectivity index (χ0v) is 24.7. The van der Waals surface area contributed by atoms with Crippen molar-refractivity contribution in [1.29, 1.82) is 0 Å². The van der Waals surface area contributed by atoms with E-state index in [1.54, 1.807) is 0 Å². The van der Waals surface area contributed by atoms with Crippen molar-refractivity contribution in [2.45, 2.75) is 63.8 Å². The largest absolute Gasteiger partial charge is 0.486 e. The van der Waals surface area contributed by atoms with Gasteiger partial charge in [-0.2, -0.15) is 0 Å². The van der Waals surface area contributed by atoms with Gasteiger partial charge in [0.1, 0.15) is 25.4 Å². The summed E-state index contributed by atoms with van der Waals surface area (Å²) in [4.78, 5) is 0. The van der Waals surface area contributed by atoms with Crippen LogP contribution in [0.15, 0.2) is 97.1 Å². The van der Waals surface area contributed by atoms with Gasteiger partial charge in [-0.3, -0.25) is 0 Å². The molecule has 2 aliphatic rings. The van der Waals surface area contributed by atoms with Crippen LogP contribution in [0.25, 0.3) is 0 Å². The Morgan fingerprint density at radius 1 is 0.721 bits per heavy atom. The first kappa shape index (κ1) is 29.4. The number of aliphatic hydroxyl groups is 1. The molecule has 4 aromatic rings. The van der Waals surface area contributed by atoms with Crippen LogP contribution >= 0.6 is 0 Å². The van der Waals surface area contributed by atoms with Crippen molar-refractivity contribution in [2.75, 3.05) is 19.8 Å². The summed E-state index contributed by atoms with van der Waals surface area (Å²) < 4.78 is 31.1. The molecule has 0 amide bonds. The smallest absolute Gasteiger partial charge is 0.161 e. The summed E-state index contributed by atoms with van der Waals surface area (Å²) in [5, 5.41) is 10.5. The molecule has 43 heavy (non-hydrogen) atoms. The van der Waals surface area contributed by atoms with E-state index < -0.39 is 12.2 Å². The molecule has 4 unspecified atom stereocenters. The van der Waals surface area contributed by atoms with Crippen molar-refractivity contribution in [2.24, 2.45) is 0 Å². The summed E-state index contributed by atoms with van der Waals surface area (Å²) >= 11 is 0. The van der Waals surface area contributed by atoms with E-state index in [2.05, 4.69) is 49.4 Å². The Morgan fingerprint density at radius 3 is 2.12 bits per heavy atom. The molecule has 4 atom stereocenters. The van der Waals surface area contributed by atoms with E-state index >= 15 is 0 Å². The lowest BCUT2D eigenvalue weighted by Crippen LogP contribution is -2.50. The molecule has 1 fully saturated rings. The van der Waals surface area contributed by atoms with Crippen LogP contribution in [0.1, 0.15) is 52.8 Å². The molecule has 4 aromatic carbocycles. The Morgan fingerprint density at radius 2 is 1.42 bits per heavy atom. The molecule has 6 heteroatoms. The molecule has 0 spiro atoms. The minimum absolute atomic E-state index is 0.155. The number of aliphatic hydroxyl groups excluding tert-OH is 1. The number of aryl methyl sites for hydroxylation is 1. The van der Waals surface area contributed by atoms with Gasteiger partial charge >= 0.3 is 0 Å². The summed E-state index contributed by atoms with van der Waals surface area (Å²) in [6.45, 7) is 4.07. The summed E-state index contributed by atoms with van der Waals surface area (Å²) in [5.41, 5.74) is 6.98. The molecule has 0 radical (unpaired) electrons. The van der Waals surface area contributed by atoms with E-state index in [1.165, 1.54) is 16.7 Å². The first-order chi connectivity index (χ1) is 21.2. The minimum Gasteiger partial charge on any atom is -0.486 e. The summed E-state index contributed by atoms with van der Waals surface area (Å²) in [6, 6.07) is 33.1. The van der Waals surface area contributed by atoms with Crippen LogP contribution < -0.4 is 9.47 Å². The predicted molar refractivity (Wildman–Crippen MR) is 165 cm³/mol. The maximum absolute atomic E-state index is 10.5. The molecule has 0 saturated carbocycles. The molecule has 2 aliphatic heterocycles. The van der Waals surface area contributed by atoms with Crippen LogP contribution in [0.3, 0.4) is 0 Å². The van der Waals surface area contributed by atoms with Gasteiger partial charge in [0.05, 0.1) is 32.0 Å². The van der Waals surface area contributed by atoms with Crippen molar-refractivity contribution < 1.29 is 28.8 Å². The van der Waals surface area contributed by atoms with Gasteiger partial charge in [0.15, 0.2) is 11.5 Å². The highest BCUT2D eigenvalue weighted by Crippen LogP contribution is 2.37. The van der Waals surface area contributed by atoms with Crippen LogP contribution in [0.5, 0.6) is 11.5 Å². The maximum atomic E-state index is 10.5. The second-order valence-electron chi connectivity index (χ2n) is 11.2. The molecule has 1 N–H and O–H groups in total. The van der Waals surface area contributed by atoms with E-state index in [0.29, 0.717) is 32.8 Å². The topological polar surface area (TPSA) is 66.4 Å². The van der Waals surface area contributed by atoms with Crippen molar-refractivity contribution >= 4 is 0 Å². The molecule has 224 valence electrons. The monoisotopic (exact) mass is 580 g/mol. The highest BCUT2D eigenvalue weighted by Gasteiger charge is 2.40. The fourth-order valence-corrected chi connectivity index (χ4v) is 5.99. The second-order valence-corrected chi connectivity index (χ2v) is 11.2. The van der Waals surface area contributed by atoms with Crippen LogP contribution in [0.4, 0.5) is 0 Å².